The zero-order valence-corrected chi connectivity index (χ0v) is 41.0. The Bertz CT molecular complexity index is 4410. The highest BCUT2D eigenvalue weighted by Gasteiger charge is 2.39. The van der Waals surface area contributed by atoms with Gasteiger partial charge in [0.2, 0.25) is 0 Å². The average molecular weight is 950 g/mol. The summed E-state index contributed by atoms with van der Waals surface area (Å²) in [6, 6.07) is 86.9. The minimum absolute atomic E-state index is 0.114. The van der Waals surface area contributed by atoms with Gasteiger partial charge in [-0.3, -0.25) is 0 Å². The number of fused-ring (bicyclic) bond motifs is 12. The van der Waals surface area contributed by atoms with E-state index in [4.69, 9.17) is 0 Å². The fourth-order valence-corrected chi connectivity index (χ4v) is 13.4. The summed E-state index contributed by atoms with van der Waals surface area (Å²) in [7, 11) is 0. The van der Waals surface area contributed by atoms with Crippen LogP contribution in [0.3, 0.4) is 0 Å². The Morgan fingerprint density at radius 1 is 0.438 bits per heavy atom. The zero-order valence-electron chi connectivity index (χ0n) is 40.2. The molecule has 0 fully saturated rings. The highest BCUT2D eigenvalue weighted by atomic mass is 32.1. The molecule has 3 heterocycles. The van der Waals surface area contributed by atoms with Gasteiger partial charge >= 0.3 is 0 Å². The number of nitrogens with zero attached hydrogens (tertiary/aromatic N) is 3. The Balaban J connectivity index is 0.825. The van der Waals surface area contributed by atoms with Crippen molar-refractivity contribution in [2.75, 3.05) is 4.90 Å². The van der Waals surface area contributed by atoms with Crippen LogP contribution >= 0.6 is 11.3 Å². The Labute approximate surface area is 428 Å². The fraction of sp³-hybridized carbons (Fsp3) is 0.0435. The Morgan fingerprint density at radius 2 is 1.05 bits per heavy atom. The van der Waals surface area contributed by atoms with Gasteiger partial charge in [0.05, 0.1) is 22.2 Å². The van der Waals surface area contributed by atoms with Gasteiger partial charge in [0, 0.05) is 70.5 Å². The first-order chi connectivity index (χ1) is 36.0. The van der Waals surface area contributed by atoms with Crippen LogP contribution in [-0.2, 0) is 6.42 Å². The van der Waals surface area contributed by atoms with Crippen molar-refractivity contribution >= 4 is 99.7 Å². The normalized spacial score (nSPS) is 14.9. The molecule has 1 unspecified atom stereocenters. The lowest BCUT2D eigenvalue weighted by molar-refractivity contribution is 0.568. The minimum Gasteiger partial charge on any atom is -0.310 e. The number of aromatic nitrogens is 2. The van der Waals surface area contributed by atoms with Crippen molar-refractivity contribution in [1.29, 1.82) is 0 Å². The molecule has 1 atom stereocenters. The van der Waals surface area contributed by atoms with Gasteiger partial charge in [0.1, 0.15) is 0 Å². The van der Waals surface area contributed by atoms with Crippen LogP contribution in [0.4, 0.5) is 17.1 Å². The first kappa shape index (κ1) is 41.8. The average Bonchev–Trinajstić information content (AvgIpc) is 4.10. The molecule has 10 aromatic carbocycles. The smallest absolute Gasteiger partial charge is 0.0561 e. The van der Waals surface area contributed by atoms with E-state index in [-0.39, 0.29) is 5.41 Å². The monoisotopic (exact) mass is 949 g/mol. The minimum atomic E-state index is -0.114. The van der Waals surface area contributed by atoms with Crippen molar-refractivity contribution in [3.8, 4) is 33.6 Å². The molecular formula is C69H47N3S. The van der Waals surface area contributed by atoms with Gasteiger partial charge in [-0.05, 0) is 148 Å². The Hall–Kier alpha value is -8.96. The lowest BCUT2D eigenvalue weighted by Gasteiger charge is -2.36. The number of anilines is 3. The van der Waals surface area contributed by atoms with E-state index in [0.29, 0.717) is 0 Å². The lowest BCUT2D eigenvalue weighted by atomic mass is 9.69. The standard InChI is InChI=1S/C69H47N3S/c1-69-38-37-59-58-24-11-13-26-67(58)73-68(59)62(69)43-66-61(44-69)60-41-50(30-36-64(60)72(66)52-21-6-3-7-22-52)48-18-14-17-47(39-48)46-27-31-53(32-28-46)70(54-33-29-45-15-8-9-16-49(45)40-54)55-34-35-57-56-23-10-12-25-63(56)71(65(57)42-55)51-19-4-2-5-20-51/h2-43H,44H2,1H3. The van der Waals surface area contributed by atoms with Gasteiger partial charge in [-0.1, -0.05) is 165 Å². The molecule has 2 aliphatic rings. The van der Waals surface area contributed by atoms with Crippen LogP contribution in [0, 0.1) is 5.41 Å². The number of rotatable bonds is 7. The van der Waals surface area contributed by atoms with E-state index >= 15 is 0 Å². The number of thiophene rings is 1. The molecule has 344 valence electrons. The van der Waals surface area contributed by atoms with Crippen LogP contribution < -0.4 is 4.90 Å². The summed E-state index contributed by atoms with van der Waals surface area (Å²) >= 11 is 1.93. The van der Waals surface area contributed by atoms with Crippen molar-refractivity contribution in [3.63, 3.8) is 0 Å². The van der Waals surface area contributed by atoms with Crippen molar-refractivity contribution in [2.45, 2.75) is 13.3 Å². The van der Waals surface area contributed by atoms with Gasteiger partial charge in [0.15, 0.2) is 0 Å². The molecule has 15 rings (SSSR count). The molecule has 0 amide bonds. The predicted molar refractivity (Wildman–Crippen MR) is 311 cm³/mol. The molecular weight excluding hydrogens is 903 g/mol. The highest BCUT2D eigenvalue weighted by Crippen LogP contribution is 2.55. The molecule has 13 aromatic rings. The molecule has 4 heteroatoms. The van der Waals surface area contributed by atoms with Crippen molar-refractivity contribution < 1.29 is 0 Å². The van der Waals surface area contributed by atoms with Crippen LogP contribution in [0.25, 0.3) is 105 Å². The van der Waals surface area contributed by atoms with Crippen LogP contribution in [-0.4, -0.2) is 9.13 Å². The van der Waals surface area contributed by atoms with Gasteiger partial charge in [0.25, 0.3) is 0 Å². The van der Waals surface area contributed by atoms with Crippen molar-refractivity contribution in [1.82, 2.24) is 9.13 Å². The summed E-state index contributed by atoms with van der Waals surface area (Å²) in [5.74, 6) is 0. The molecule has 0 saturated heterocycles. The third-order valence-electron chi connectivity index (χ3n) is 15.6. The molecule has 0 spiro atoms. The first-order valence-corrected chi connectivity index (χ1v) is 26.1. The molecule has 73 heavy (non-hydrogen) atoms. The van der Waals surface area contributed by atoms with E-state index < -0.39 is 0 Å². The second kappa shape index (κ2) is 16.3. The van der Waals surface area contributed by atoms with Crippen molar-refractivity contribution in [3.05, 3.63) is 264 Å². The van der Waals surface area contributed by atoms with Crippen LogP contribution in [0.2, 0.25) is 0 Å². The topological polar surface area (TPSA) is 13.1 Å². The maximum atomic E-state index is 2.51. The van der Waals surface area contributed by atoms with Crippen LogP contribution in [0.5, 0.6) is 0 Å². The van der Waals surface area contributed by atoms with Crippen molar-refractivity contribution in [2.24, 2.45) is 5.41 Å². The second-order valence-electron chi connectivity index (χ2n) is 20.0. The number of hydrogen-bond acceptors (Lipinski definition) is 2. The van der Waals surface area contributed by atoms with E-state index in [9.17, 15) is 0 Å². The summed E-state index contributed by atoms with van der Waals surface area (Å²) in [6.07, 6.45) is 8.31. The van der Waals surface area contributed by atoms with Crippen LogP contribution in [0.15, 0.2) is 243 Å². The van der Waals surface area contributed by atoms with E-state index in [1.165, 1.54) is 109 Å². The summed E-state index contributed by atoms with van der Waals surface area (Å²) in [6.45, 7) is 2.43. The number of hydrogen-bond donors (Lipinski definition) is 0. The largest absolute Gasteiger partial charge is 0.310 e. The van der Waals surface area contributed by atoms with E-state index in [1.807, 2.05) is 11.3 Å². The molecule has 0 radical (unpaired) electrons. The maximum Gasteiger partial charge on any atom is 0.0561 e. The van der Waals surface area contributed by atoms with Crippen LogP contribution in [0.1, 0.15) is 28.6 Å². The summed E-state index contributed by atoms with van der Waals surface area (Å²) in [5, 5.41) is 7.57. The summed E-state index contributed by atoms with van der Waals surface area (Å²) in [5.41, 5.74) is 19.4. The molecule has 3 aromatic heterocycles. The predicted octanol–water partition coefficient (Wildman–Crippen LogP) is 19.0. The lowest BCUT2D eigenvalue weighted by Crippen LogP contribution is -2.24. The summed E-state index contributed by atoms with van der Waals surface area (Å²) in [4.78, 5) is 3.80. The van der Waals surface area contributed by atoms with Gasteiger partial charge in [-0.15, -0.1) is 11.3 Å². The first-order valence-electron chi connectivity index (χ1n) is 25.3. The maximum absolute atomic E-state index is 2.51. The Kier molecular flexibility index (Phi) is 9.33. The second-order valence-corrected chi connectivity index (χ2v) is 21.0. The molecule has 0 bridgehead atoms. The number of allylic oxidation sites excluding steroid dienone is 2. The van der Waals surface area contributed by atoms with E-state index in [0.717, 1.165) is 29.2 Å². The quantitative estimate of drug-likeness (QED) is 0.155. The van der Waals surface area contributed by atoms with E-state index in [1.54, 1.807) is 0 Å². The summed E-state index contributed by atoms with van der Waals surface area (Å²) < 4.78 is 6.24. The fourth-order valence-electron chi connectivity index (χ4n) is 12.1. The molecule has 0 saturated carbocycles. The molecule has 0 N–H and O–H groups in total. The Morgan fingerprint density at radius 3 is 1.88 bits per heavy atom. The zero-order chi connectivity index (χ0) is 48.2. The van der Waals surface area contributed by atoms with Gasteiger partial charge in [-0.25, -0.2) is 0 Å². The van der Waals surface area contributed by atoms with Gasteiger partial charge < -0.3 is 14.0 Å². The third-order valence-corrected chi connectivity index (χ3v) is 16.9. The SMILES string of the molecule is CC12C=Cc3c(sc4ccccc34)C1=Cc1c(c3cc(-c4cccc(-c5ccc(N(c6ccc7ccccc7c6)c6ccc7c8ccccc8n(-c8ccccc8)c7c6)cc5)c4)ccc3n1-c1ccccc1)C2. The van der Waals surface area contributed by atoms with E-state index in [2.05, 4.69) is 276 Å². The molecule has 2 aliphatic carbocycles. The highest BCUT2D eigenvalue weighted by molar-refractivity contribution is 7.20. The van der Waals surface area contributed by atoms with Gasteiger partial charge in [-0.2, -0.15) is 0 Å². The third kappa shape index (κ3) is 6.64. The molecule has 3 nitrogen and oxygen atoms in total. The molecule has 0 aliphatic heterocycles. The number of para-hydroxylation sites is 3. The number of benzene rings is 10.